The molecule has 0 saturated heterocycles. The molecule has 0 saturated carbocycles. The number of carbonyl (C=O) groups excluding carboxylic acids is 2. The molecule has 6 heteroatoms. The maximum absolute atomic E-state index is 12.3. The number of aryl methyl sites for hydroxylation is 1. The molecule has 2 amide bonds. The van der Waals surface area contributed by atoms with Crippen molar-refractivity contribution in [3.63, 3.8) is 0 Å². The van der Waals surface area contributed by atoms with Crippen LogP contribution in [0.2, 0.25) is 0 Å². The third-order valence-corrected chi connectivity index (χ3v) is 4.26. The Morgan fingerprint density at radius 2 is 1.78 bits per heavy atom. The Morgan fingerprint density at radius 3 is 2.56 bits per heavy atom. The van der Waals surface area contributed by atoms with Crippen molar-refractivity contribution in [1.82, 2.24) is 14.9 Å². The minimum Gasteiger partial charge on any atom is -0.352 e. The summed E-state index contributed by atoms with van der Waals surface area (Å²) in [7, 11) is 0. The second-order valence-electron chi connectivity index (χ2n) is 6.35. The minimum atomic E-state index is -0.124. The number of nitrogens with one attached hydrogen (secondary N) is 2. The quantitative estimate of drug-likeness (QED) is 0.600. The van der Waals surface area contributed by atoms with Gasteiger partial charge in [-0.2, -0.15) is 0 Å². The summed E-state index contributed by atoms with van der Waals surface area (Å²) in [4.78, 5) is 28.8. The molecule has 0 aliphatic heterocycles. The maximum atomic E-state index is 12.3. The topological polar surface area (TPSA) is 76.0 Å². The first-order chi connectivity index (χ1) is 13.2. The van der Waals surface area contributed by atoms with Crippen LogP contribution in [0.25, 0.3) is 11.0 Å². The molecule has 2 N–H and O–H groups in total. The van der Waals surface area contributed by atoms with E-state index in [-0.39, 0.29) is 11.8 Å². The lowest BCUT2D eigenvalue weighted by molar-refractivity contribution is -0.116. The van der Waals surface area contributed by atoms with Crippen molar-refractivity contribution >= 4 is 28.8 Å². The second kappa shape index (κ2) is 8.98. The van der Waals surface area contributed by atoms with Crippen LogP contribution in [-0.4, -0.2) is 27.9 Å². The first-order valence-corrected chi connectivity index (χ1v) is 9.27. The van der Waals surface area contributed by atoms with E-state index in [0.717, 1.165) is 24.0 Å². The molecule has 0 unspecified atom stereocenters. The summed E-state index contributed by atoms with van der Waals surface area (Å²) >= 11 is 0. The van der Waals surface area contributed by atoms with Gasteiger partial charge in [0.1, 0.15) is 0 Å². The van der Waals surface area contributed by atoms with Crippen LogP contribution < -0.4 is 10.6 Å². The number of hydrogen-bond donors (Lipinski definition) is 2. The SMILES string of the molecule is CCCn1c(NC(=O)CCCNC(=O)c2ccccc2)nc2ccccc21. The lowest BCUT2D eigenvalue weighted by Crippen LogP contribution is -2.25. The zero-order chi connectivity index (χ0) is 19.1. The first kappa shape index (κ1) is 18.6. The van der Waals surface area contributed by atoms with Gasteiger partial charge in [-0.05, 0) is 37.1 Å². The van der Waals surface area contributed by atoms with Crippen molar-refractivity contribution in [2.24, 2.45) is 0 Å². The van der Waals surface area contributed by atoms with Crippen LogP contribution >= 0.6 is 0 Å². The smallest absolute Gasteiger partial charge is 0.251 e. The fourth-order valence-corrected chi connectivity index (χ4v) is 2.95. The van der Waals surface area contributed by atoms with Gasteiger partial charge in [-0.3, -0.25) is 14.9 Å². The van der Waals surface area contributed by atoms with Crippen molar-refractivity contribution in [3.8, 4) is 0 Å². The van der Waals surface area contributed by atoms with Gasteiger partial charge >= 0.3 is 0 Å². The Bertz CT molecular complexity index is 918. The van der Waals surface area contributed by atoms with Crippen LogP contribution in [0.5, 0.6) is 0 Å². The van der Waals surface area contributed by atoms with Crippen molar-refractivity contribution < 1.29 is 9.59 Å². The van der Waals surface area contributed by atoms with E-state index >= 15 is 0 Å². The van der Waals surface area contributed by atoms with Crippen molar-refractivity contribution in [2.45, 2.75) is 32.7 Å². The molecule has 6 nitrogen and oxygen atoms in total. The summed E-state index contributed by atoms with van der Waals surface area (Å²) in [5.74, 6) is 0.355. The molecule has 0 radical (unpaired) electrons. The number of amides is 2. The highest BCUT2D eigenvalue weighted by Gasteiger charge is 2.12. The Kier molecular flexibility index (Phi) is 6.20. The number of nitrogens with zero attached hydrogens (tertiary/aromatic N) is 2. The predicted octanol–water partition coefficient (Wildman–Crippen LogP) is 3.60. The highest BCUT2D eigenvalue weighted by molar-refractivity contribution is 5.94. The molecule has 27 heavy (non-hydrogen) atoms. The molecule has 0 aliphatic carbocycles. The van der Waals surface area contributed by atoms with E-state index in [1.54, 1.807) is 12.1 Å². The number of aromatic nitrogens is 2. The van der Waals surface area contributed by atoms with Gasteiger partial charge in [-0.1, -0.05) is 37.3 Å². The number of para-hydroxylation sites is 2. The first-order valence-electron chi connectivity index (χ1n) is 9.27. The predicted molar refractivity (Wildman–Crippen MR) is 107 cm³/mol. The van der Waals surface area contributed by atoms with Crippen LogP contribution in [0.4, 0.5) is 5.95 Å². The molecular weight excluding hydrogens is 340 g/mol. The molecular formula is C21H24N4O2. The van der Waals surface area contributed by atoms with E-state index < -0.39 is 0 Å². The molecule has 0 aliphatic rings. The third kappa shape index (κ3) is 4.73. The normalized spacial score (nSPS) is 10.7. The second-order valence-corrected chi connectivity index (χ2v) is 6.35. The summed E-state index contributed by atoms with van der Waals surface area (Å²) in [5, 5.41) is 5.74. The van der Waals surface area contributed by atoms with Crippen LogP contribution in [0.3, 0.4) is 0 Å². The third-order valence-electron chi connectivity index (χ3n) is 4.26. The number of rotatable bonds is 8. The minimum absolute atomic E-state index is 0.100. The van der Waals surface area contributed by atoms with Gasteiger partial charge in [0.15, 0.2) is 0 Å². The molecule has 1 aromatic heterocycles. The highest BCUT2D eigenvalue weighted by atomic mass is 16.2. The summed E-state index contributed by atoms with van der Waals surface area (Å²) in [6, 6.07) is 16.9. The molecule has 1 heterocycles. The summed E-state index contributed by atoms with van der Waals surface area (Å²) in [6.07, 6.45) is 1.84. The van der Waals surface area contributed by atoms with Gasteiger partial charge in [-0.15, -0.1) is 0 Å². The average molecular weight is 364 g/mol. The molecule has 0 spiro atoms. The number of benzene rings is 2. The maximum Gasteiger partial charge on any atom is 0.251 e. The number of anilines is 1. The number of hydrogen-bond acceptors (Lipinski definition) is 3. The fourth-order valence-electron chi connectivity index (χ4n) is 2.95. The van der Waals surface area contributed by atoms with Crippen LogP contribution in [-0.2, 0) is 11.3 Å². The zero-order valence-electron chi connectivity index (χ0n) is 15.4. The Balaban J connectivity index is 1.52. The summed E-state index contributed by atoms with van der Waals surface area (Å²) in [6.45, 7) is 3.34. The molecule has 0 fully saturated rings. The van der Waals surface area contributed by atoms with E-state index in [1.165, 1.54) is 0 Å². The van der Waals surface area contributed by atoms with E-state index in [9.17, 15) is 9.59 Å². The van der Waals surface area contributed by atoms with Crippen molar-refractivity contribution in [2.75, 3.05) is 11.9 Å². The Morgan fingerprint density at radius 1 is 1.04 bits per heavy atom. The van der Waals surface area contributed by atoms with E-state index in [2.05, 4.69) is 22.5 Å². The highest BCUT2D eigenvalue weighted by Crippen LogP contribution is 2.20. The van der Waals surface area contributed by atoms with Crippen LogP contribution in [0, 0.1) is 0 Å². The lowest BCUT2D eigenvalue weighted by atomic mass is 10.2. The van der Waals surface area contributed by atoms with Gasteiger partial charge in [0.25, 0.3) is 5.91 Å². The standard InChI is InChI=1S/C21H24N4O2/c1-2-15-25-18-12-7-6-11-17(18)23-21(25)24-19(26)13-8-14-22-20(27)16-9-4-3-5-10-16/h3-7,9-12H,2,8,13-15H2,1H3,(H,22,27)(H,23,24,26). The zero-order valence-corrected chi connectivity index (χ0v) is 15.4. The van der Waals surface area contributed by atoms with E-state index in [4.69, 9.17) is 0 Å². The number of carbonyl (C=O) groups is 2. The number of fused-ring (bicyclic) bond motifs is 1. The van der Waals surface area contributed by atoms with Gasteiger partial charge in [0.2, 0.25) is 11.9 Å². The van der Waals surface area contributed by atoms with Crippen molar-refractivity contribution in [3.05, 3.63) is 60.2 Å². The van der Waals surface area contributed by atoms with Crippen LogP contribution in [0.1, 0.15) is 36.5 Å². The molecule has 0 bridgehead atoms. The molecule has 3 aromatic rings. The van der Waals surface area contributed by atoms with E-state index in [0.29, 0.717) is 30.9 Å². The summed E-state index contributed by atoms with van der Waals surface area (Å²) in [5.41, 5.74) is 2.51. The monoisotopic (exact) mass is 364 g/mol. The van der Waals surface area contributed by atoms with Gasteiger partial charge < -0.3 is 9.88 Å². The van der Waals surface area contributed by atoms with E-state index in [1.807, 2.05) is 47.0 Å². The molecule has 2 aromatic carbocycles. The van der Waals surface area contributed by atoms with Gasteiger partial charge in [-0.25, -0.2) is 4.98 Å². The van der Waals surface area contributed by atoms with Gasteiger partial charge in [0, 0.05) is 25.1 Å². The van der Waals surface area contributed by atoms with Crippen molar-refractivity contribution in [1.29, 1.82) is 0 Å². The Hall–Kier alpha value is -3.15. The largest absolute Gasteiger partial charge is 0.352 e. The molecule has 140 valence electrons. The number of imidazole rings is 1. The van der Waals surface area contributed by atoms with Gasteiger partial charge in [0.05, 0.1) is 11.0 Å². The molecule has 0 atom stereocenters. The summed E-state index contributed by atoms with van der Waals surface area (Å²) < 4.78 is 2.03. The lowest BCUT2D eigenvalue weighted by Gasteiger charge is -2.09. The fraction of sp³-hybridized carbons (Fsp3) is 0.286. The average Bonchev–Trinajstić information content (AvgIpc) is 3.03. The molecule has 3 rings (SSSR count). The van der Waals surface area contributed by atoms with Crippen LogP contribution in [0.15, 0.2) is 54.6 Å². The Labute approximate surface area is 158 Å².